The van der Waals surface area contributed by atoms with Gasteiger partial charge in [-0.3, -0.25) is 14.9 Å². The van der Waals surface area contributed by atoms with E-state index in [2.05, 4.69) is 49.2 Å². The maximum atomic E-state index is 13.9. The Hall–Kier alpha value is -3.87. The number of carbonyl (C=O) groups is 1. The molecule has 1 amide bonds. The number of nitrogens with zero attached hydrogens (tertiary/aromatic N) is 2. The number of amides is 1. The maximum Gasteiger partial charge on any atom is 0.269 e. The second-order valence-corrected chi connectivity index (χ2v) is 10.3. The van der Waals surface area contributed by atoms with Crippen LogP contribution in [-0.4, -0.2) is 22.6 Å². The minimum Gasteiger partial charge on any atom is -0.467 e. The Labute approximate surface area is 203 Å². The van der Waals surface area contributed by atoms with Crippen LogP contribution in [0.5, 0.6) is 5.75 Å². The predicted octanol–water partition coefficient (Wildman–Crippen LogP) is 4.96. The standard InChI is InChI=1S/C28H27N3O4/c1-17-9-11-23-22(13-17)27(2,3)28-15-21(20-14-19(31(33)34)10-12-24(20)35-28)25(30(23)28)26(32)29-16-18-7-5-4-6-8-18/h4-14,21,25H,15-16H2,1-3H3,(H,29,32)/t21-,25+,28+/m0/s1. The zero-order valence-corrected chi connectivity index (χ0v) is 19.9. The fourth-order valence-electron chi connectivity index (χ4n) is 6.29. The lowest BCUT2D eigenvalue weighted by atomic mass is 9.72. The highest BCUT2D eigenvalue weighted by atomic mass is 16.6. The topological polar surface area (TPSA) is 84.7 Å². The third-order valence-corrected chi connectivity index (χ3v) is 8.07. The molecule has 1 saturated heterocycles. The summed E-state index contributed by atoms with van der Waals surface area (Å²) in [6.45, 7) is 6.82. The fourth-order valence-corrected chi connectivity index (χ4v) is 6.29. The van der Waals surface area contributed by atoms with Gasteiger partial charge in [-0.2, -0.15) is 0 Å². The molecule has 1 spiro atoms. The van der Waals surface area contributed by atoms with Gasteiger partial charge in [0.1, 0.15) is 11.8 Å². The normalized spacial score (nSPS) is 24.7. The van der Waals surface area contributed by atoms with E-state index in [1.807, 2.05) is 30.3 Å². The van der Waals surface area contributed by atoms with Crippen molar-refractivity contribution < 1.29 is 14.5 Å². The zero-order valence-electron chi connectivity index (χ0n) is 19.9. The smallest absolute Gasteiger partial charge is 0.269 e. The molecule has 1 fully saturated rings. The highest BCUT2D eigenvalue weighted by molar-refractivity contribution is 5.91. The first-order chi connectivity index (χ1) is 16.7. The van der Waals surface area contributed by atoms with Crippen molar-refractivity contribution in [3.63, 3.8) is 0 Å². The number of aryl methyl sites for hydroxylation is 1. The van der Waals surface area contributed by atoms with E-state index in [1.54, 1.807) is 12.1 Å². The van der Waals surface area contributed by atoms with Gasteiger partial charge >= 0.3 is 0 Å². The summed E-state index contributed by atoms with van der Waals surface area (Å²) in [5.74, 6) is 0.281. The van der Waals surface area contributed by atoms with Crippen LogP contribution in [0.4, 0.5) is 11.4 Å². The molecule has 0 aliphatic carbocycles. The Morgan fingerprint density at radius 3 is 2.66 bits per heavy atom. The van der Waals surface area contributed by atoms with Gasteiger partial charge in [0.2, 0.25) is 5.91 Å². The van der Waals surface area contributed by atoms with Gasteiger partial charge in [0.25, 0.3) is 5.69 Å². The molecule has 0 radical (unpaired) electrons. The molecular weight excluding hydrogens is 442 g/mol. The molecule has 7 heteroatoms. The van der Waals surface area contributed by atoms with Crippen LogP contribution in [0.1, 0.15) is 48.4 Å². The van der Waals surface area contributed by atoms with E-state index in [9.17, 15) is 14.9 Å². The van der Waals surface area contributed by atoms with E-state index in [4.69, 9.17) is 4.74 Å². The Balaban J connectivity index is 1.48. The van der Waals surface area contributed by atoms with Gasteiger partial charge in [-0.25, -0.2) is 0 Å². The molecule has 35 heavy (non-hydrogen) atoms. The van der Waals surface area contributed by atoms with Crippen LogP contribution >= 0.6 is 0 Å². The van der Waals surface area contributed by atoms with Crippen LogP contribution in [0.3, 0.4) is 0 Å². The monoisotopic (exact) mass is 469 g/mol. The first kappa shape index (κ1) is 21.6. The number of carbonyl (C=O) groups excluding carboxylic acids is 1. The van der Waals surface area contributed by atoms with E-state index in [1.165, 1.54) is 6.07 Å². The highest BCUT2D eigenvalue weighted by Crippen LogP contribution is 2.65. The van der Waals surface area contributed by atoms with Crippen LogP contribution < -0.4 is 15.0 Å². The quantitative estimate of drug-likeness (QED) is 0.431. The highest BCUT2D eigenvalue weighted by Gasteiger charge is 2.70. The number of fused-ring (bicyclic) bond motifs is 5. The number of anilines is 1. The molecule has 178 valence electrons. The average molecular weight is 470 g/mol. The minimum atomic E-state index is -0.758. The molecule has 1 N–H and O–H groups in total. The number of non-ortho nitro benzene ring substituents is 1. The minimum absolute atomic E-state index is 0.00842. The van der Waals surface area contributed by atoms with Crippen LogP contribution in [0.25, 0.3) is 0 Å². The Kier molecular flexibility index (Phi) is 4.52. The molecule has 0 aromatic heterocycles. The van der Waals surface area contributed by atoms with Gasteiger partial charge < -0.3 is 15.0 Å². The summed E-state index contributed by atoms with van der Waals surface area (Å²) in [6.07, 6.45) is 0.575. The first-order valence-electron chi connectivity index (χ1n) is 11.9. The number of rotatable bonds is 4. The van der Waals surface area contributed by atoms with E-state index in [0.29, 0.717) is 18.7 Å². The Bertz CT molecular complexity index is 1370. The second kappa shape index (κ2) is 7.31. The van der Waals surface area contributed by atoms with E-state index < -0.39 is 22.1 Å². The summed E-state index contributed by atoms with van der Waals surface area (Å²) >= 11 is 0. The molecule has 3 atom stereocenters. The zero-order chi connectivity index (χ0) is 24.5. The van der Waals surface area contributed by atoms with Gasteiger partial charge in [0.05, 0.1) is 10.3 Å². The number of nitrogens with one attached hydrogen (secondary N) is 1. The molecule has 2 bridgehead atoms. The fraction of sp³-hybridized carbons (Fsp3) is 0.321. The number of hydrogen-bond acceptors (Lipinski definition) is 5. The number of nitro benzene ring substituents is 1. The molecule has 3 aromatic rings. The molecule has 7 nitrogen and oxygen atoms in total. The number of ether oxygens (including phenoxy) is 1. The van der Waals surface area contributed by atoms with Gasteiger partial charge in [-0.05, 0) is 44.0 Å². The first-order valence-corrected chi connectivity index (χ1v) is 11.9. The summed E-state index contributed by atoms with van der Waals surface area (Å²) in [5.41, 5.74) is 3.89. The summed E-state index contributed by atoms with van der Waals surface area (Å²) in [6, 6.07) is 20.3. The predicted molar refractivity (Wildman–Crippen MR) is 133 cm³/mol. The van der Waals surface area contributed by atoms with Gasteiger partial charge in [0.15, 0.2) is 5.72 Å². The average Bonchev–Trinajstić information content (AvgIpc) is 3.22. The lowest BCUT2D eigenvalue weighted by Crippen LogP contribution is -2.59. The van der Waals surface area contributed by atoms with Gasteiger partial charge in [-0.15, -0.1) is 0 Å². The summed E-state index contributed by atoms with van der Waals surface area (Å²) in [7, 11) is 0. The summed E-state index contributed by atoms with van der Waals surface area (Å²) in [4.78, 5) is 27.2. The lowest BCUT2D eigenvalue weighted by Gasteiger charge is -2.45. The summed E-state index contributed by atoms with van der Waals surface area (Å²) in [5, 5.41) is 14.7. The van der Waals surface area contributed by atoms with Crippen LogP contribution in [0.15, 0.2) is 66.7 Å². The van der Waals surface area contributed by atoms with Crippen molar-refractivity contribution in [2.75, 3.05) is 4.90 Å². The summed E-state index contributed by atoms with van der Waals surface area (Å²) < 4.78 is 6.77. The third kappa shape index (κ3) is 2.93. The maximum absolute atomic E-state index is 13.9. The van der Waals surface area contributed by atoms with Crippen molar-refractivity contribution in [2.45, 2.75) is 56.8 Å². The van der Waals surface area contributed by atoms with E-state index in [0.717, 1.165) is 27.9 Å². The number of hydrogen-bond donors (Lipinski definition) is 1. The van der Waals surface area contributed by atoms with Crippen molar-refractivity contribution in [2.24, 2.45) is 0 Å². The molecule has 3 aliphatic heterocycles. The molecule has 0 unspecified atom stereocenters. The van der Waals surface area contributed by atoms with E-state index >= 15 is 0 Å². The molecular formula is C28H27N3O4. The van der Waals surface area contributed by atoms with Crippen molar-refractivity contribution in [3.8, 4) is 5.75 Å². The van der Waals surface area contributed by atoms with Crippen LogP contribution in [0, 0.1) is 17.0 Å². The van der Waals surface area contributed by atoms with Crippen molar-refractivity contribution >= 4 is 17.3 Å². The van der Waals surface area contributed by atoms with Crippen LogP contribution in [0.2, 0.25) is 0 Å². The van der Waals surface area contributed by atoms with E-state index in [-0.39, 0.29) is 17.5 Å². The van der Waals surface area contributed by atoms with Crippen molar-refractivity contribution in [1.82, 2.24) is 5.32 Å². The molecule has 6 rings (SSSR count). The molecule has 0 saturated carbocycles. The van der Waals surface area contributed by atoms with Crippen LogP contribution in [-0.2, 0) is 16.8 Å². The van der Waals surface area contributed by atoms with Crippen molar-refractivity contribution in [1.29, 1.82) is 0 Å². The number of nitro groups is 1. The molecule has 3 aliphatic rings. The largest absolute Gasteiger partial charge is 0.467 e. The third-order valence-electron chi connectivity index (χ3n) is 8.07. The van der Waals surface area contributed by atoms with Gasteiger partial charge in [-0.1, -0.05) is 48.0 Å². The second-order valence-electron chi connectivity index (χ2n) is 10.3. The SMILES string of the molecule is Cc1ccc2c(c1)C(C)(C)[C@@]13C[C@@H](c4cc([N+](=O)[O-])ccc4O1)[C@H](C(=O)NCc1ccccc1)N23. The van der Waals surface area contributed by atoms with Crippen molar-refractivity contribution in [3.05, 3.63) is 99.1 Å². The lowest BCUT2D eigenvalue weighted by molar-refractivity contribution is -0.385. The molecule has 3 heterocycles. The Morgan fingerprint density at radius 2 is 1.91 bits per heavy atom. The molecule has 3 aromatic carbocycles. The van der Waals surface area contributed by atoms with Gasteiger partial charge in [0, 0.05) is 42.3 Å². The Morgan fingerprint density at radius 1 is 1.14 bits per heavy atom. The number of benzene rings is 3.